The molecule has 0 saturated heterocycles. The van der Waals surface area contributed by atoms with Gasteiger partial charge in [0.15, 0.2) is 5.82 Å². The summed E-state index contributed by atoms with van der Waals surface area (Å²) in [5, 5.41) is 12.8. The van der Waals surface area contributed by atoms with Crippen molar-refractivity contribution in [1.82, 2.24) is 34.5 Å². The lowest BCUT2D eigenvalue weighted by atomic mass is 10.1. The zero-order valence-corrected chi connectivity index (χ0v) is 16.0. The predicted molar refractivity (Wildman–Crippen MR) is 100 cm³/mol. The number of benzene rings is 1. The van der Waals surface area contributed by atoms with Gasteiger partial charge in [-0.2, -0.15) is 4.98 Å². The fourth-order valence-electron chi connectivity index (χ4n) is 3.44. The van der Waals surface area contributed by atoms with Crippen molar-refractivity contribution in [3.63, 3.8) is 0 Å². The van der Waals surface area contributed by atoms with Gasteiger partial charge in [0.05, 0.1) is 25.0 Å². The highest BCUT2D eigenvalue weighted by atomic mass is 16.5. The van der Waals surface area contributed by atoms with Gasteiger partial charge >= 0.3 is 0 Å². The summed E-state index contributed by atoms with van der Waals surface area (Å²) in [5.74, 6) is 3.60. The topological polar surface area (TPSA) is 96.7 Å². The molecule has 0 unspecified atom stereocenters. The molecule has 28 heavy (non-hydrogen) atoms. The highest BCUT2D eigenvalue weighted by Crippen LogP contribution is 2.36. The van der Waals surface area contributed by atoms with E-state index in [1.165, 1.54) is 0 Å². The van der Waals surface area contributed by atoms with Gasteiger partial charge < -0.3 is 13.8 Å². The van der Waals surface area contributed by atoms with E-state index < -0.39 is 0 Å². The first kappa shape index (κ1) is 16.7. The van der Waals surface area contributed by atoms with Gasteiger partial charge in [0.2, 0.25) is 11.7 Å². The number of aromatic nitrogens is 7. The number of ether oxygens (including phenoxy) is 1. The first-order chi connectivity index (χ1) is 13.6. The Balaban J connectivity index is 1.75. The fraction of sp³-hybridized carbons (Fsp3) is 0.316. The Labute approximate surface area is 161 Å². The second kappa shape index (κ2) is 6.01. The van der Waals surface area contributed by atoms with Crippen LogP contribution in [0.15, 0.2) is 29.0 Å². The molecule has 9 heteroatoms. The van der Waals surface area contributed by atoms with Crippen molar-refractivity contribution in [2.45, 2.75) is 33.2 Å². The Morgan fingerprint density at radius 3 is 2.82 bits per heavy atom. The van der Waals surface area contributed by atoms with Crippen molar-refractivity contribution in [2.75, 3.05) is 7.11 Å². The number of aryl methyl sites for hydroxylation is 1. The molecular weight excluding hydrogens is 358 g/mol. The number of nitrogens with zero attached hydrogens (tertiary/aromatic N) is 7. The summed E-state index contributed by atoms with van der Waals surface area (Å²) >= 11 is 0. The summed E-state index contributed by atoms with van der Waals surface area (Å²) < 4.78 is 14.9. The zero-order chi connectivity index (χ0) is 19.4. The summed E-state index contributed by atoms with van der Waals surface area (Å²) in [6, 6.07) is 5.89. The Morgan fingerprint density at radius 1 is 1.21 bits per heavy atom. The number of methoxy groups -OCH3 is 1. The van der Waals surface area contributed by atoms with Gasteiger partial charge in [-0.1, -0.05) is 19.0 Å². The largest absolute Gasteiger partial charge is 0.497 e. The molecule has 9 nitrogen and oxygen atoms in total. The van der Waals surface area contributed by atoms with Crippen LogP contribution in [0, 0.1) is 6.92 Å². The molecule has 1 aliphatic heterocycles. The molecule has 0 fully saturated rings. The molecule has 3 aromatic heterocycles. The fourth-order valence-corrected chi connectivity index (χ4v) is 3.44. The lowest BCUT2D eigenvalue weighted by molar-refractivity contribution is 0.365. The van der Waals surface area contributed by atoms with Crippen LogP contribution in [0.5, 0.6) is 5.75 Å². The maximum absolute atomic E-state index is 5.42. The van der Waals surface area contributed by atoms with Crippen LogP contribution in [0.1, 0.15) is 37.2 Å². The van der Waals surface area contributed by atoms with Crippen LogP contribution in [-0.2, 0) is 6.54 Å². The van der Waals surface area contributed by atoms with Gasteiger partial charge in [0.25, 0.3) is 0 Å². The molecule has 1 aliphatic rings. The molecule has 0 spiro atoms. The second-order valence-corrected chi connectivity index (χ2v) is 7.06. The van der Waals surface area contributed by atoms with Gasteiger partial charge in [0.1, 0.15) is 23.6 Å². The zero-order valence-electron chi connectivity index (χ0n) is 16.0. The van der Waals surface area contributed by atoms with Crippen LogP contribution >= 0.6 is 0 Å². The van der Waals surface area contributed by atoms with E-state index in [2.05, 4.69) is 29.9 Å². The van der Waals surface area contributed by atoms with Crippen molar-refractivity contribution in [1.29, 1.82) is 0 Å². The maximum Gasteiger partial charge on any atom is 0.229 e. The Hall–Kier alpha value is -3.49. The molecule has 0 amide bonds. The number of fused-ring (bicyclic) bond motifs is 5. The normalized spacial score (nSPS) is 12.5. The first-order valence-electron chi connectivity index (χ1n) is 9.05. The molecule has 0 N–H and O–H groups in total. The Kier molecular flexibility index (Phi) is 3.58. The molecule has 0 aliphatic carbocycles. The van der Waals surface area contributed by atoms with Crippen LogP contribution < -0.4 is 4.74 Å². The molecule has 4 heterocycles. The van der Waals surface area contributed by atoms with Crippen LogP contribution in [0.3, 0.4) is 0 Å². The highest BCUT2D eigenvalue weighted by molar-refractivity contribution is 5.72. The Morgan fingerprint density at radius 2 is 2.07 bits per heavy atom. The molecular formula is C19H19N7O2. The quantitative estimate of drug-likeness (QED) is 0.477. The third-order valence-electron chi connectivity index (χ3n) is 4.96. The second-order valence-electron chi connectivity index (χ2n) is 7.06. The summed E-state index contributed by atoms with van der Waals surface area (Å²) in [5.41, 5.74) is 3.52. The summed E-state index contributed by atoms with van der Waals surface area (Å²) in [7, 11) is 1.65. The van der Waals surface area contributed by atoms with E-state index in [1.54, 1.807) is 13.4 Å². The number of hydrogen-bond acceptors (Lipinski definition) is 7. The predicted octanol–water partition coefficient (Wildman–Crippen LogP) is 2.98. The number of imidazole rings is 1. The van der Waals surface area contributed by atoms with E-state index in [4.69, 9.17) is 9.26 Å². The van der Waals surface area contributed by atoms with Crippen LogP contribution in [0.25, 0.3) is 28.6 Å². The first-order valence-corrected chi connectivity index (χ1v) is 9.05. The third kappa shape index (κ3) is 2.35. The molecule has 0 atom stereocenters. The van der Waals surface area contributed by atoms with Gasteiger partial charge in [-0.3, -0.25) is 4.57 Å². The van der Waals surface area contributed by atoms with Crippen molar-refractivity contribution < 1.29 is 9.26 Å². The summed E-state index contributed by atoms with van der Waals surface area (Å²) in [6.07, 6.45) is 1.79. The molecule has 0 bridgehead atoms. The summed E-state index contributed by atoms with van der Waals surface area (Å²) in [6.45, 7) is 6.52. The van der Waals surface area contributed by atoms with Crippen molar-refractivity contribution in [3.05, 3.63) is 41.9 Å². The molecule has 0 saturated carbocycles. The molecule has 142 valence electrons. The highest BCUT2D eigenvalue weighted by Gasteiger charge is 2.27. The Bertz CT molecular complexity index is 1190. The minimum atomic E-state index is 0.155. The van der Waals surface area contributed by atoms with Gasteiger partial charge in [0, 0.05) is 11.5 Å². The van der Waals surface area contributed by atoms with E-state index in [-0.39, 0.29) is 5.92 Å². The standard InChI is InChI=1S/C19H19N7O2/c1-10(2)19-21-17(24-28-19)16-15-8-25-11(3)22-23-18(25)13-7-12(27-4)5-6-14(13)26(15)9-20-16/h5-7,9-10H,8H2,1-4H3. The molecule has 5 rings (SSSR count). The van der Waals surface area contributed by atoms with E-state index in [0.717, 1.165) is 34.3 Å². The lowest BCUT2D eigenvalue weighted by Crippen LogP contribution is -2.06. The summed E-state index contributed by atoms with van der Waals surface area (Å²) in [4.78, 5) is 9.13. The van der Waals surface area contributed by atoms with Crippen LogP contribution in [0.4, 0.5) is 0 Å². The number of hydrogen-bond donors (Lipinski definition) is 0. The average molecular weight is 377 g/mol. The van der Waals surface area contributed by atoms with Gasteiger partial charge in [-0.05, 0) is 25.1 Å². The minimum Gasteiger partial charge on any atom is -0.497 e. The SMILES string of the molecule is COc1ccc2c(c1)-c1nnc(C)n1Cc1c(-c3noc(C(C)C)n3)ncn1-2. The van der Waals surface area contributed by atoms with Crippen molar-refractivity contribution in [3.8, 4) is 34.3 Å². The monoisotopic (exact) mass is 377 g/mol. The minimum absolute atomic E-state index is 0.155. The van der Waals surface area contributed by atoms with Gasteiger partial charge in [-0.15, -0.1) is 10.2 Å². The van der Waals surface area contributed by atoms with Crippen molar-refractivity contribution >= 4 is 0 Å². The lowest BCUT2D eigenvalue weighted by Gasteiger charge is -2.10. The van der Waals surface area contributed by atoms with Crippen LogP contribution in [0.2, 0.25) is 0 Å². The molecule has 1 aromatic carbocycles. The van der Waals surface area contributed by atoms with E-state index in [1.807, 2.05) is 43.5 Å². The van der Waals surface area contributed by atoms with E-state index in [0.29, 0.717) is 24.0 Å². The molecule has 0 radical (unpaired) electrons. The van der Waals surface area contributed by atoms with Crippen LogP contribution in [-0.4, -0.2) is 41.6 Å². The molecule has 4 aromatic rings. The van der Waals surface area contributed by atoms with E-state index >= 15 is 0 Å². The third-order valence-corrected chi connectivity index (χ3v) is 4.96. The van der Waals surface area contributed by atoms with Crippen molar-refractivity contribution in [2.24, 2.45) is 0 Å². The van der Waals surface area contributed by atoms with E-state index in [9.17, 15) is 0 Å². The smallest absolute Gasteiger partial charge is 0.229 e. The van der Waals surface area contributed by atoms with Gasteiger partial charge in [-0.25, -0.2) is 4.98 Å². The average Bonchev–Trinajstić information content (AvgIpc) is 3.39. The number of rotatable bonds is 3. The maximum atomic E-state index is 5.42.